The van der Waals surface area contributed by atoms with E-state index in [0.717, 1.165) is 17.0 Å². The molecular weight excluding hydrogens is 382 g/mol. The number of aromatic nitrogens is 2. The van der Waals surface area contributed by atoms with Crippen molar-refractivity contribution in [3.05, 3.63) is 87.6 Å². The molecule has 1 aliphatic rings. The number of benzene rings is 1. The maximum absolute atomic E-state index is 12.8. The SMILES string of the molecule is Cc1cc(=O)c(C(=O)NCc2ccncc2)c(C)n1C[C@@H]1COc2ccccc2O1. The number of hydrogen-bond donors (Lipinski definition) is 1. The molecule has 7 nitrogen and oxygen atoms in total. The number of nitrogens with zero attached hydrogens (tertiary/aromatic N) is 2. The van der Waals surface area contributed by atoms with E-state index in [4.69, 9.17) is 9.47 Å². The van der Waals surface area contributed by atoms with Gasteiger partial charge in [-0.15, -0.1) is 0 Å². The van der Waals surface area contributed by atoms with Crippen molar-refractivity contribution in [1.82, 2.24) is 14.9 Å². The van der Waals surface area contributed by atoms with Crippen molar-refractivity contribution < 1.29 is 14.3 Å². The molecule has 4 rings (SSSR count). The van der Waals surface area contributed by atoms with Gasteiger partial charge in [0.1, 0.15) is 12.2 Å². The minimum absolute atomic E-state index is 0.145. The number of amides is 1. The summed E-state index contributed by atoms with van der Waals surface area (Å²) in [6.45, 7) is 4.82. The molecule has 1 aliphatic heterocycles. The number of rotatable bonds is 5. The van der Waals surface area contributed by atoms with Gasteiger partial charge in [0.05, 0.1) is 6.54 Å². The molecule has 1 aromatic carbocycles. The van der Waals surface area contributed by atoms with Gasteiger partial charge in [0, 0.05) is 36.4 Å². The standard InChI is InChI=1S/C23H23N3O4/c1-15-11-19(27)22(23(28)25-12-17-7-9-24-10-8-17)16(2)26(15)13-18-14-29-20-5-3-4-6-21(20)30-18/h3-11,18H,12-14H2,1-2H3,(H,25,28)/t18-/m1/s1. The summed E-state index contributed by atoms with van der Waals surface area (Å²) in [6.07, 6.45) is 3.10. The second kappa shape index (κ2) is 8.41. The van der Waals surface area contributed by atoms with Gasteiger partial charge in [0.2, 0.25) is 0 Å². The van der Waals surface area contributed by atoms with E-state index in [1.165, 1.54) is 6.07 Å². The van der Waals surface area contributed by atoms with Crippen LogP contribution < -0.4 is 20.2 Å². The fraction of sp³-hybridized carbons (Fsp3) is 0.261. The lowest BCUT2D eigenvalue weighted by molar-refractivity contribution is 0.0773. The molecule has 30 heavy (non-hydrogen) atoms. The van der Waals surface area contributed by atoms with Crippen LogP contribution in [0.5, 0.6) is 11.5 Å². The highest BCUT2D eigenvalue weighted by molar-refractivity contribution is 5.95. The van der Waals surface area contributed by atoms with E-state index in [-0.39, 0.29) is 17.1 Å². The molecule has 0 unspecified atom stereocenters. The number of carbonyl (C=O) groups excluding carboxylic acids is 1. The molecule has 3 heterocycles. The fourth-order valence-corrected chi connectivity index (χ4v) is 3.60. The number of nitrogens with one attached hydrogen (secondary N) is 1. The summed E-state index contributed by atoms with van der Waals surface area (Å²) < 4.78 is 13.8. The Kier molecular flexibility index (Phi) is 5.52. The molecule has 3 aromatic rings. The molecule has 154 valence electrons. The lowest BCUT2D eigenvalue weighted by Gasteiger charge is -2.28. The minimum atomic E-state index is -0.394. The van der Waals surface area contributed by atoms with Gasteiger partial charge in [0.15, 0.2) is 23.0 Å². The first kappa shape index (κ1) is 19.7. The van der Waals surface area contributed by atoms with E-state index in [1.807, 2.05) is 47.9 Å². The zero-order valence-electron chi connectivity index (χ0n) is 16.9. The largest absolute Gasteiger partial charge is 0.486 e. The van der Waals surface area contributed by atoms with E-state index < -0.39 is 5.91 Å². The van der Waals surface area contributed by atoms with E-state index in [9.17, 15) is 9.59 Å². The van der Waals surface area contributed by atoms with Crippen LogP contribution >= 0.6 is 0 Å². The average Bonchev–Trinajstić information content (AvgIpc) is 2.75. The van der Waals surface area contributed by atoms with Crippen molar-refractivity contribution in [3.63, 3.8) is 0 Å². The number of carbonyl (C=O) groups is 1. The Balaban J connectivity index is 1.54. The van der Waals surface area contributed by atoms with Crippen molar-refractivity contribution >= 4 is 5.91 Å². The molecule has 0 bridgehead atoms. The molecule has 0 saturated carbocycles. The van der Waals surface area contributed by atoms with Gasteiger partial charge in [-0.05, 0) is 43.7 Å². The molecule has 7 heteroatoms. The maximum Gasteiger partial charge on any atom is 0.257 e. The van der Waals surface area contributed by atoms with Gasteiger partial charge in [-0.3, -0.25) is 14.6 Å². The molecule has 1 amide bonds. The van der Waals surface area contributed by atoms with E-state index in [1.54, 1.807) is 19.3 Å². The van der Waals surface area contributed by atoms with Crippen LogP contribution in [0.1, 0.15) is 27.3 Å². The monoisotopic (exact) mass is 405 g/mol. The molecule has 0 saturated heterocycles. The fourth-order valence-electron chi connectivity index (χ4n) is 3.60. The number of hydrogen-bond acceptors (Lipinski definition) is 5. The van der Waals surface area contributed by atoms with Gasteiger partial charge in [-0.2, -0.15) is 0 Å². The Bertz CT molecular complexity index is 1130. The zero-order chi connectivity index (χ0) is 21.1. The smallest absolute Gasteiger partial charge is 0.257 e. The molecule has 0 radical (unpaired) electrons. The van der Waals surface area contributed by atoms with Gasteiger partial charge in [-0.25, -0.2) is 0 Å². The molecular formula is C23H23N3O4. The number of para-hydroxylation sites is 2. The maximum atomic E-state index is 12.8. The summed E-state index contributed by atoms with van der Waals surface area (Å²) in [7, 11) is 0. The molecule has 1 N–H and O–H groups in total. The van der Waals surface area contributed by atoms with Crippen LogP contribution in [0.4, 0.5) is 0 Å². The highest BCUT2D eigenvalue weighted by atomic mass is 16.6. The van der Waals surface area contributed by atoms with E-state index in [2.05, 4.69) is 10.3 Å². The minimum Gasteiger partial charge on any atom is -0.486 e. The Morgan fingerprint density at radius 3 is 2.67 bits per heavy atom. The van der Waals surface area contributed by atoms with Crippen molar-refractivity contribution in [1.29, 1.82) is 0 Å². The van der Waals surface area contributed by atoms with Crippen molar-refractivity contribution in [2.24, 2.45) is 0 Å². The molecule has 1 atom stereocenters. The number of fused-ring (bicyclic) bond motifs is 1. The second-order valence-corrected chi connectivity index (χ2v) is 7.26. The first-order valence-electron chi connectivity index (χ1n) is 9.79. The lowest BCUT2D eigenvalue weighted by Crippen LogP contribution is -2.36. The number of aryl methyl sites for hydroxylation is 1. The topological polar surface area (TPSA) is 82.5 Å². The van der Waals surface area contributed by atoms with Gasteiger partial charge >= 0.3 is 0 Å². The van der Waals surface area contributed by atoms with Crippen LogP contribution in [0.2, 0.25) is 0 Å². The third kappa shape index (κ3) is 4.05. The van der Waals surface area contributed by atoms with Gasteiger partial charge < -0.3 is 19.4 Å². The third-order valence-electron chi connectivity index (χ3n) is 5.16. The summed E-state index contributed by atoms with van der Waals surface area (Å²) in [5.74, 6) is 1.02. The van der Waals surface area contributed by atoms with Gasteiger partial charge in [0.25, 0.3) is 5.91 Å². The lowest BCUT2D eigenvalue weighted by atomic mass is 10.1. The summed E-state index contributed by atoms with van der Waals surface area (Å²) in [4.78, 5) is 29.3. The van der Waals surface area contributed by atoms with E-state index >= 15 is 0 Å². The predicted octanol–water partition coefficient (Wildman–Crippen LogP) is 2.63. The summed E-state index contributed by atoms with van der Waals surface area (Å²) in [5, 5.41) is 2.82. The van der Waals surface area contributed by atoms with Crippen LogP contribution in [-0.4, -0.2) is 28.2 Å². The highest BCUT2D eigenvalue weighted by Crippen LogP contribution is 2.31. The van der Waals surface area contributed by atoms with Crippen LogP contribution in [0.15, 0.2) is 59.7 Å². The molecule has 0 spiro atoms. The van der Waals surface area contributed by atoms with Gasteiger partial charge in [-0.1, -0.05) is 12.1 Å². The van der Waals surface area contributed by atoms with Crippen LogP contribution in [0.25, 0.3) is 0 Å². The quantitative estimate of drug-likeness (QED) is 0.706. The summed E-state index contributed by atoms with van der Waals surface area (Å²) in [6, 6.07) is 12.7. The van der Waals surface area contributed by atoms with Crippen molar-refractivity contribution in [2.75, 3.05) is 6.61 Å². The zero-order valence-corrected chi connectivity index (χ0v) is 16.9. The van der Waals surface area contributed by atoms with E-state index in [0.29, 0.717) is 31.1 Å². The first-order valence-corrected chi connectivity index (χ1v) is 9.79. The third-order valence-corrected chi connectivity index (χ3v) is 5.16. The first-order chi connectivity index (χ1) is 14.5. The number of pyridine rings is 2. The molecule has 2 aromatic heterocycles. The highest BCUT2D eigenvalue weighted by Gasteiger charge is 2.24. The Morgan fingerprint density at radius 1 is 1.17 bits per heavy atom. The summed E-state index contributed by atoms with van der Waals surface area (Å²) in [5.41, 5.74) is 2.14. The Hall–Kier alpha value is -3.61. The average molecular weight is 405 g/mol. The summed E-state index contributed by atoms with van der Waals surface area (Å²) >= 11 is 0. The second-order valence-electron chi connectivity index (χ2n) is 7.26. The Morgan fingerprint density at radius 2 is 1.90 bits per heavy atom. The molecule has 0 fully saturated rings. The Labute approximate surface area is 174 Å². The van der Waals surface area contributed by atoms with Crippen LogP contribution in [-0.2, 0) is 13.1 Å². The van der Waals surface area contributed by atoms with Crippen molar-refractivity contribution in [2.45, 2.75) is 33.0 Å². The number of ether oxygens (including phenoxy) is 2. The normalized spacial score (nSPS) is 14.9. The van der Waals surface area contributed by atoms with Crippen LogP contribution in [0.3, 0.4) is 0 Å². The predicted molar refractivity (Wildman–Crippen MR) is 112 cm³/mol. The van der Waals surface area contributed by atoms with Crippen LogP contribution in [0, 0.1) is 13.8 Å². The molecule has 0 aliphatic carbocycles. The van der Waals surface area contributed by atoms with Crippen molar-refractivity contribution in [3.8, 4) is 11.5 Å².